The highest BCUT2D eigenvalue weighted by Gasteiger charge is 2.24. The molecule has 0 spiro atoms. The number of hydrogen-bond acceptors (Lipinski definition) is 4. The van der Waals surface area contributed by atoms with Gasteiger partial charge in [-0.25, -0.2) is 0 Å². The average molecular weight is 238 g/mol. The summed E-state index contributed by atoms with van der Waals surface area (Å²) in [7, 11) is 0. The number of H-pyrrole nitrogens is 1. The SMILES string of the molecule is CCOC1CCN(C(=O)c2cc(N)n[nH]2)CC1. The van der Waals surface area contributed by atoms with E-state index in [2.05, 4.69) is 10.2 Å². The first-order valence-electron chi connectivity index (χ1n) is 5.92. The van der Waals surface area contributed by atoms with Gasteiger partial charge in [0.05, 0.1) is 6.10 Å². The van der Waals surface area contributed by atoms with Gasteiger partial charge in [-0.2, -0.15) is 5.10 Å². The third kappa shape index (κ3) is 2.76. The van der Waals surface area contributed by atoms with Crippen LogP contribution in [0.2, 0.25) is 0 Å². The number of nitrogens with two attached hydrogens (primary N) is 1. The van der Waals surface area contributed by atoms with Crippen molar-refractivity contribution in [3.63, 3.8) is 0 Å². The maximum Gasteiger partial charge on any atom is 0.271 e. The lowest BCUT2D eigenvalue weighted by Crippen LogP contribution is -2.41. The maximum absolute atomic E-state index is 12.0. The number of piperidine rings is 1. The number of carbonyl (C=O) groups is 1. The molecule has 1 saturated heterocycles. The molecule has 0 radical (unpaired) electrons. The number of aromatic amines is 1. The predicted octanol–water partition coefficient (Wildman–Crippen LogP) is 0.633. The Morgan fingerprint density at radius 3 is 2.88 bits per heavy atom. The lowest BCUT2D eigenvalue weighted by molar-refractivity contribution is 0.0144. The van der Waals surface area contributed by atoms with Gasteiger partial charge in [0.1, 0.15) is 11.5 Å². The lowest BCUT2D eigenvalue weighted by Gasteiger charge is -2.31. The first-order chi connectivity index (χ1) is 8.20. The number of nitrogens with zero attached hydrogens (tertiary/aromatic N) is 2. The molecule has 0 unspecified atom stereocenters. The van der Waals surface area contributed by atoms with Crippen LogP contribution in [0, 0.1) is 0 Å². The molecule has 1 aromatic heterocycles. The van der Waals surface area contributed by atoms with Gasteiger partial charge < -0.3 is 15.4 Å². The van der Waals surface area contributed by atoms with Gasteiger partial charge in [-0.3, -0.25) is 9.89 Å². The molecule has 0 bridgehead atoms. The van der Waals surface area contributed by atoms with Crippen LogP contribution in [0.3, 0.4) is 0 Å². The summed E-state index contributed by atoms with van der Waals surface area (Å²) in [5, 5.41) is 6.40. The number of carbonyl (C=O) groups excluding carboxylic acids is 1. The molecule has 6 nitrogen and oxygen atoms in total. The second-order valence-corrected chi connectivity index (χ2v) is 4.15. The molecular formula is C11H18N4O2. The largest absolute Gasteiger partial charge is 0.382 e. The fourth-order valence-electron chi connectivity index (χ4n) is 2.08. The Morgan fingerprint density at radius 1 is 1.65 bits per heavy atom. The van der Waals surface area contributed by atoms with E-state index in [1.165, 1.54) is 0 Å². The number of aromatic nitrogens is 2. The van der Waals surface area contributed by atoms with Crippen molar-refractivity contribution < 1.29 is 9.53 Å². The Bertz CT molecular complexity index is 383. The summed E-state index contributed by atoms with van der Waals surface area (Å²) in [5.41, 5.74) is 5.93. The smallest absolute Gasteiger partial charge is 0.271 e. The van der Waals surface area contributed by atoms with Crippen LogP contribution in [0.25, 0.3) is 0 Å². The molecule has 94 valence electrons. The summed E-state index contributed by atoms with van der Waals surface area (Å²) < 4.78 is 5.54. The topological polar surface area (TPSA) is 84.2 Å². The first kappa shape index (κ1) is 11.9. The third-order valence-corrected chi connectivity index (χ3v) is 2.96. The van der Waals surface area contributed by atoms with E-state index in [4.69, 9.17) is 10.5 Å². The van der Waals surface area contributed by atoms with Gasteiger partial charge in [0.2, 0.25) is 0 Å². The number of nitrogen functional groups attached to an aromatic ring is 1. The van der Waals surface area contributed by atoms with E-state index >= 15 is 0 Å². The Hall–Kier alpha value is -1.56. The van der Waals surface area contributed by atoms with Crippen LogP contribution in [-0.2, 0) is 4.74 Å². The van der Waals surface area contributed by atoms with Crippen molar-refractivity contribution in [2.75, 3.05) is 25.4 Å². The molecule has 1 aliphatic rings. The predicted molar refractivity (Wildman–Crippen MR) is 63.6 cm³/mol. The Labute approximate surface area is 100 Å². The van der Waals surface area contributed by atoms with Crippen molar-refractivity contribution in [1.29, 1.82) is 0 Å². The highest BCUT2D eigenvalue weighted by molar-refractivity contribution is 5.93. The Kier molecular flexibility index (Phi) is 3.63. The summed E-state index contributed by atoms with van der Waals surface area (Å²) in [4.78, 5) is 13.8. The molecule has 1 aliphatic heterocycles. The van der Waals surface area contributed by atoms with Gasteiger partial charge in [-0.1, -0.05) is 0 Å². The van der Waals surface area contributed by atoms with Gasteiger partial charge in [0, 0.05) is 25.8 Å². The van der Waals surface area contributed by atoms with Gasteiger partial charge in [0.15, 0.2) is 0 Å². The van der Waals surface area contributed by atoms with E-state index in [0.29, 0.717) is 11.5 Å². The molecule has 6 heteroatoms. The zero-order chi connectivity index (χ0) is 12.3. The molecule has 17 heavy (non-hydrogen) atoms. The van der Waals surface area contributed by atoms with Gasteiger partial charge >= 0.3 is 0 Å². The molecule has 2 heterocycles. The van der Waals surface area contributed by atoms with Crippen LogP contribution in [0.4, 0.5) is 5.82 Å². The van der Waals surface area contributed by atoms with Crippen LogP contribution in [0.5, 0.6) is 0 Å². The molecule has 1 amide bonds. The zero-order valence-corrected chi connectivity index (χ0v) is 9.98. The highest BCUT2D eigenvalue weighted by Crippen LogP contribution is 2.16. The van der Waals surface area contributed by atoms with Crippen molar-refractivity contribution in [2.45, 2.75) is 25.9 Å². The second-order valence-electron chi connectivity index (χ2n) is 4.15. The van der Waals surface area contributed by atoms with Gasteiger partial charge in [-0.15, -0.1) is 0 Å². The first-order valence-corrected chi connectivity index (χ1v) is 5.92. The number of rotatable bonds is 3. The van der Waals surface area contributed by atoms with Crippen LogP contribution < -0.4 is 5.73 Å². The minimum atomic E-state index is -0.0378. The molecule has 1 fully saturated rings. The fraction of sp³-hybridized carbons (Fsp3) is 0.636. The summed E-state index contributed by atoms with van der Waals surface area (Å²) in [6.07, 6.45) is 2.07. The minimum Gasteiger partial charge on any atom is -0.382 e. The summed E-state index contributed by atoms with van der Waals surface area (Å²) in [6.45, 7) is 4.17. The third-order valence-electron chi connectivity index (χ3n) is 2.96. The normalized spacial score (nSPS) is 17.4. The second kappa shape index (κ2) is 5.18. The van der Waals surface area contributed by atoms with Crippen LogP contribution in [0.1, 0.15) is 30.3 Å². The molecule has 0 atom stereocenters. The minimum absolute atomic E-state index is 0.0378. The molecule has 3 N–H and O–H groups in total. The number of ether oxygens (including phenoxy) is 1. The monoisotopic (exact) mass is 238 g/mol. The van der Waals surface area contributed by atoms with Crippen molar-refractivity contribution in [1.82, 2.24) is 15.1 Å². The maximum atomic E-state index is 12.0. The molecule has 0 aliphatic carbocycles. The molecular weight excluding hydrogens is 220 g/mol. The standard InChI is InChI=1S/C11H18N4O2/c1-2-17-8-3-5-15(6-4-8)11(16)9-7-10(12)14-13-9/h7-8H,2-6H2,1H3,(H3,12,13,14). The molecule has 2 rings (SSSR count). The molecule has 0 saturated carbocycles. The van der Waals surface area contributed by atoms with Gasteiger partial charge in [0.25, 0.3) is 5.91 Å². The lowest BCUT2D eigenvalue weighted by atomic mass is 10.1. The molecule has 1 aromatic rings. The highest BCUT2D eigenvalue weighted by atomic mass is 16.5. The van der Waals surface area contributed by atoms with Crippen LogP contribution in [0.15, 0.2) is 6.07 Å². The van der Waals surface area contributed by atoms with E-state index in [1.807, 2.05) is 11.8 Å². The number of likely N-dealkylation sites (tertiary alicyclic amines) is 1. The van der Waals surface area contributed by atoms with Gasteiger partial charge in [-0.05, 0) is 19.8 Å². The quantitative estimate of drug-likeness (QED) is 0.809. The van der Waals surface area contributed by atoms with E-state index in [-0.39, 0.29) is 12.0 Å². The van der Waals surface area contributed by atoms with E-state index < -0.39 is 0 Å². The summed E-state index contributed by atoms with van der Waals surface area (Å²) in [5.74, 6) is 0.307. The number of nitrogens with one attached hydrogen (secondary N) is 1. The Morgan fingerprint density at radius 2 is 2.35 bits per heavy atom. The average Bonchev–Trinajstić information content (AvgIpc) is 2.76. The van der Waals surface area contributed by atoms with Crippen molar-refractivity contribution in [3.05, 3.63) is 11.8 Å². The Balaban J connectivity index is 1.90. The van der Waals surface area contributed by atoms with Crippen molar-refractivity contribution in [2.24, 2.45) is 0 Å². The zero-order valence-electron chi connectivity index (χ0n) is 9.98. The van der Waals surface area contributed by atoms with E-state index in [1.54, 1.807) is 6.07 Å². The number of hydrogen-bond donors (Lipinski definition) is 2. The fourth-order valence-corrected chi connectivity index (χ4v) is 2.08. The van der Waals surface area contributed by atoms with Crippen molar-refractivity contribution >= 4 is 11.7 Å². The van der Waals surface area contributed by atoms with Crippen molar-refractivity contribution in [3.8, 4) is 0 Å². The van der Waals surface area contributed by atoms with Crippen LogP contribution >= 0.6 is 0 Å². The molecule has 0 aromatic carbocycles. The van der Waals surface area contributed by atoms with E-state index in [0.717, 1.165) is 32.5 Å². The summed E-state index contributed by atoms with van der Waals surface area (Å²) >= 11 is 0. The number of amides is 1. The number of anilines is 1. The van der Waals surface area contributed by atoms with Crippen LogP contribution in [-0.4, -0.2) is 46.8 Å². The summed E-state index contributed by atoms with van der Waals surface area (Å²) in [6, 6.07) is 1.57. The van der Waals surface area contributed by atoms with E-state index in [9.17, 15) is 4.79 Å².